The van der Waals surface area contributed by atoms with E-state index >= 15 is 0 Å². The molecule has 1 N–H and O–H groups in total. The molecular weight excluding hydrogens is 396 g/mol. The maximum absolute atomic E-state index is 13.3. The molecule has 0 spiro atoms. The molecule has 7 heteroatoms. The molecule has 0 saturated heterocycles. The van der Waals surface area contributed by atoms with Crippen molar-refractivity contribution in [2.75, 3.05) is 33.3 Å². The van der Waals surface area contributed by atoms with Crippen molar-refractivity contribution in [1.82, 2.24) is 4.98 Å². The number of ether oxygens (including phenoxy) is 4. The van der Waals surface area contributed by atoms with Gasteiger partial charge in [-0.1, -0.05) is 11.6 Å². The zero-order valence-electron chi connectivity index (χ0n) is 17.9. The summed E-state index contributed by atoms with van der Waals surface area (Å²) in [4.78, 5) is 18.0. The molecule has 3 aromatic rings. The van der Waals surface area contributed by atoms with Crippen LogP contribution >= 0.6 is 0 Å². The lowest BCUT2D eigenvalue weighted by molar-refractivity contribution is 0.102. The summed E-state index contributed by atoms with van der Waals surface area (Å²) in [6.45, 7) is 2.60. The van der Waals surface area contributed by atoms with E-state index in [1.165, 1.54) is 21.3 Å². The molecule has 0 atom stereocenters. The molecule has 4 rings (SSSR count). The van der Waals surface area contributed by atoms with E-state index < -0.39 is 0 Å². The second kappa shape index (κ2) is 8.55. The minimum absolute atomic E-state index is 0.271. The van der Waals surface area contributed by atoms with Gasteiger partial charge in [-0.3, -0.25) is 4.79 Å². The van der Waals surface area contributed by atoms with Crippen LogP contribution in [0.2, 0.25) is 0 Å². The first kappa shape index (κ1) is 20.5. The van der Waals surface area contributed by atoms with Crippen LogP contribution in [0.1, 0.15) is 28.0 Å². The minimum Gasteiger partial charge on any atom is -0.493 e. The third-order valence-corrected chi connectivity index (χ3v) is 5.09. The Bertz CT molecular complexity index is 1160. The van der Waals surface area contributed by atoms with Gasteiger partial charge in [-0.2, -0.15) is 0 Å². The van der Waals surface area contributed by atoms with E-state index in [0.29, 0.717) is 46.6 Å². The number of benzene rings is 2. The van der Waals surface area contributed by atoms with Crippen molar-refractivity contribution in [3.05, 3.63) is 59.3 Å². The number of nitrogens with one attached hydrogen (secondary N) is 1. The van der Waals surface area contributed by atoms with E-state index in [2.05, 4.69) is 5.32 Å². The van der Waals surface area contributed by atoms with Crippen LogP contribution in [-0.4, -0.2) is 38.8 Å². The number of carbonyl (C=O) groups is 1. The fraction of sp³-hybridized carbons (Fsp3) is 0.250. The Labute approximate surface area is 180 Å². The van der Waals surface area contributed by atoms with Gasteiger partial charge in [-0.05, 0) is 31.2 Å². The number of hydrogen-bond acceptors (Lipinski definition) is 6. The summed E-state index contributed by atoms with van der Waals surface area (Å²) in [5, 5.41) is 3.72. The van der Waals surface area contributed by atoms with Crippen molar-refractivity contribution < 1.29 is 23.7 Å². The third kappa shape index (κ3) is 3.99. The number of nitrogens with zero attached hydrogens (tertiary/aromatic N) is 1. The van der Waals surface area contributed by atoms with Crippen LogP contribution in [0.5, 0.6) is 17.2 Å². The van der Waals surface area contributed by atoms with Crippen molar-refractivity contribution in [1.29, 1.82) is 0 Å². The molecule has 2 heterocycles. The van der Waals surface area contributed by atoms with Crippen LogP contribution in [0.15, 0.2) is 42.5 Å². The lowest BCUT2D eigenvalue weighted by Crippen LogP contribution is -2.14. The van der Waals surface area contributed by atoms with Gasteiger partial charge in [0.1, 0.15) is 11.5 Å². The Kier molecular flexibility index (Phi) is 5.66. The van der Waals surface area contributed by atoms with E-state index in [0.717, 1.165) is 22.9 Å². The van der Waals surface area contributed by atoms with Crippen molar-refractivity contribution >= 4 is 28.3 Å². The zero-order chi connectivity index (χ0) is 22.0. The summed E-state index contributed by atoms with van der Waals surface area (Å²) in [5.41, 5.74) is 3.45. The smallest absolute Gasteiger partial charge is 0.256 e. The quantitative estimate of drug-likeness (QED) is 0.629. The van der Waals surface area contributed by atoms with Crippen LogP contribution < -0.4 is 19.5 Å². The highest BCUT2D eigenvalue weighted by molar-refractivity contribution is 6.13. The van der Waals surface area contributed by atoms with Gasteiger partial charge in [0.15, 0.2) is 11.5 Å². The Balaban J connectivity index is 1.78. The zero-order valence-corrected chi connectivity index (χ0v) is 17.9. The van der Waals surface area contributed by atoms with E-state index in [1.54, 1.807) is 18.2 Å². The largest absolute Gasteiger partial charge is 0.493 e. The molecule has 1 amide bonds. The van der Waals surface area contributed by atoms with Gasteiger partial charge in [-0.25, -0.2) is 4.98 Å². The SMILES string of the molecule is COc1cc(NC(=O)c2cc(C3=CCCO3)nc3ccc(C)cc23)cc(OC)c1OC. The first-order chi connectivity index (χ1) is 15.0. The Hall–Kier alpha value is -3.74. The maximum atomic E-state index is 13.3. The summed E-state index contributed by atoms with van der Waals surface area (Å²) in [7, 11) is 4.60. The lowest BCUT2D eigenvalue weighted by atomic mass is 10.0. The number of fused-ring (bicyclic) bond motifs is 1. The minimum atomic E-state index is -0.271. The number of pyridine rings is 1. The molecule has 0 unspecified atom stereocenters. The molecule has 31 heavy (non-hydrogen) atoms. The predicted molar refractivity (Wildman–Crippen MR) is 119 cm³/mol. The molecule has 0 saturated carbocycles. The highest BCUT2D eigenvalue weighted by atomic mass is 16.5. The van der Waals surface area contributed by atoms with E-state index in [4.69, 9.17) is 23.9 Å². The molecule has 0 fully saturated rings. The first-order valence-corrected chi connectivity index (χ1v) is 9.90. The Morgan fingerprint density at radius 2 is 1.77 bits per heavy atom. The number of aryl methyl sites for hydroxylation is 1. The van der Waals surface area contributed by atoms with Crippen molar-refractivity contribution in [2.24, 2.45) is 0 Å². The first-order valence-electron chi connectivity index (χ1n) is 9.90. The fourth-order valence-electron chi connectivity index (χ4n) is 3.60. The normalized spacial score (nSPS) is 12.8. The average molecular weight is 420 g/mol. The van der Waals surface area contributed by atoms with Crippen molar-refractivity contribution in [3.63, 3.8) is 0 Å². The Morgan fingerprint density at radius 3 is 2.39 bits per heavy atom. The van der Waals surface area contributed by atoms with Crippen LogP contribution in [0, 0.1) is 6.92 Å². The fourth-order valence-corrected chi connectivity index (χ4v) is 3.60. The number of rotatable bonds is 6. The van der Waals surface area contributed by atoms with Gasteiger partial charge in [0.25, 0.3) is 5.91 Å². The van der Waals surface area contributed by atoms with Gasteiger partial charge >= 0.3 is 0 Å². The van der Waals surface area contributed by atoms with Gasteiger partial charge in [0.2, 0.25) is 5.75 Å². The van der Waals surface area contributed by atoms with Gasteiger partial charge in [-0.15, -0.1) is 0 Å². The molecule has 0 radical (unpaired) electrons. The molecule has 1 aliphatic rings. The van der Waals surface area contributed by atoms with Crippen LogP contribution in [-0.2, 0) is 4.74 Å². The standard InChI is InChI=1S/C24H24N2O5/c1-14-7-8-18-16(10-14)17(13-19(26-18)20-6-5-9-31-20)24(27)25-15-11-21(28-2)23(30-4)22(12-15)29-3/h6-8,10-13H,5,9H2,1-4H3,(H,25,27). The topological polar surface area (TPSA) is 78.9 Å². The molecule has 2 aromatic carbocycles. The highest BCUT2D eigenvalue weighted by Gasteiger charge is 2.19. The second-order valence-electron chi connectivity index (χ2n) is 7.15. The number of amides is 1. The monoisotopic (exact) mass is 420 g/mol. The van der Waals surface area contributed by atoms with Gasteiger partial charge in [0.05, 0.1) is 39.0 Å². The number of aromatic nitrogens is 1. The third-order valence-electron chi connectivity index (χ3n) is 5.09. The number of anilines is 1. The van der Waals surface area contributed by atoms with Gasteiger partial charge < -0.3 is 24.3 Å². The summed E-state index contributed by atoms with van der Waals surface area (Å²) in [5.74, 6) is 1.80. The van der Waals surface area contributed by atoms with Crippen LogP contribution in [0.4, 0.5) is 5.69 Å². The molecule has 0 aliphatic carbocycles. The van der Waals surface area contributed by atoms with E-state index in [-0.39, 0.29) is 5.91 Å². The molecule has 1 aliphatic heterocycles. The van der Waals surface area contributed by atoms with Gasteiger partial charge in [0, 0.05) is 29.6 Å². The summed E-state index contributed by atoms with van der Waals surface area (Å²) in [6, 6.07) is 11.0. The second-order valence-corrected chi connectivity index (χ2v) is 7.15. The predicted octanol–water partition coefficient (Wildman–Crippen LogP) is 4.58. The number of carbonyl (C=O) groups excluding carboxylic acids is 1. The molecular formula is C24H24N2O5. The summed E-state index contributed by atoms with van der Waals surface area (Å²) < 4.78 is 21.8. The number of hydrogen-bond donors (Lipinski definition) is 1. The van der Waals surface area contributed by atoms with E-state index in [9.17, 15) is 4.79 Å². The summed E-state index contributed by atoms with van der Waals surface area (Å²) >= 11 is 0. The molecule has 7 nitrogen and oxygen atoms in total. The molecule has 0 bridgehead atoms. The Morgan fingerprint density at radius 1 is 1.03 bits per heavy atom. The summed E-state index contributed by atoms with van der Waals surface area (Å²) in [6.07, 6.45) is 2.82. The molecule has 1 aromatic heterocycles. The highest BCUT2D eigenvalue weighted by Crippen LogP contribution is 2.40. The van der Waals surface area contributed by atoms with Crippen molar-refractivity contribution in [3.8, 4) is 17.2 Å². The van der Waals surface area contributed by atoms with Crippen LogP contribution in [0.25, 0.3) is 16.7 Å². The molecule has 160 valence electrons. The average Bonchev–Trinajstić information content (AvgIpc) is 3.32. The van der Waals surface area contributed by atoms with E-state index in [1.807, 2.05) is 31.2 Å². The number of methoxy groups -OCH3 is 3. The maximum Gasteiger partial charge on any atom is 0.256 e. The lowest BCUT2D eigenvalue weighted by Gasteiger charge is -2.15. The van der Waals surface area contributed by atoms with Crippen molar-refractivity contribution in [2.45, 2.75) is 13.3 Å². The van der Waals surface area contributed by atoms with Crippen LogP contribution in [0.3, 0.4) is 0 Å².